The van der Waals surface area contributed by atoms with E-state index in [1.54, 1.807) is 0 Å². The lowest BCUT2D eigenvalue weighted by atomic mass is 9.84. The third-order valence-corrected chi connectivity index (χ3v) is 6.12. The number of hydrogen-bond donors (Lipinski definition) is 0. The van der Waals surface area contributed by atoms with Crippen LogP contribution < -0.4 is 0 Å². The number of likely N-dealkylation sites (tertiary alicyclic amines) is 1. The molecule has 0 aromatic heterocycles. The highest BCUT2D eigenvalue weighted by molar-refractivity contribution is 4.75. The molecule has 0 bridgehead atoms. The number of nitrogens with zero attached hydrogens (tertiary/aromatic N) is 1. The Balaban J connectivity index is 1.48. The van der Waals surface area contributed by atoms with Crippen molar-refractivity contribution in [3.8, 4) is 0 Å². The molecule has 0 N–H and O–H groups in total. The molecule has 1 aliphatic carbocycles. The summed E-state index contributed by atoms with van der Waals surface area (Å²) in [6.07, 6.45) is 16.0. The number of unbranched alkanes of at least 4 members (excludes halogenated alkanes) is 1. The van der Waals surface area contributed by atoms with E-state index in [0.29, 0.717) is 18.3 Å². The summed E-state index contributed by atoms with van der Waals surface area (Å²) in [7, 11) is 1.86. The van der Waals surface area contributed by atoms with Gasteiger partial charge in [0.25, 0.3) is 0 Å². The first kappa shape index (κ1) is 20.2. The van der Waals surface area contributed by atoms with Gasteiger partial charge < -0.3 is 14.4 Å². The Labute approximate surface area is 150 Å². The van der Waals surface area contributed by atoms with Crippen LogP contribution in [0.3, 0.4) is 0 Å². The summed E-state index contributed by atoms with van der Waals surface area (Å²) in [6, 6.07) is 0. The van der Waals surface area contributed by atoms with E-state index in [1.165, 1.54) is 90.3 Å². The molecule has 1 heterocycles. The predicted molar refractivity (Wildman–Crippen MR) is 102 cm³/mol. The highest BCUT2D eigenvalue weighted by Gasteiger charge is 2.22. The monoisotopic (exact) mass is 339 g/mol. The van der Waals surface area contributed by atoms with E-state index in [2.05, 4.69) is 18.7 Å². The molecule has 0 aromatic carbocycles. The molecule has 2 rings (SSSR count). The van der Waals surface area contributed by atoms with E-state index < -0.39 is 0 Å². The van der Waals surface area contributed by atoms with Crippen LogP contribution in [0.25, 0.3) is 0 Å². The van der Waals surface area contributed by atoms with Crippen LogP contribution in [0, 0.1) is 5.92 Å². The standard InChI is InChI=1S/C21H41NO2/c1-4-7-18(2)24-21-13-16-22(17-14-21)15-6-5-8-19-9-11-20(23-3)12-10-19/h18-21H,4-17H2,1-3H3. The molecule has 2 aliphatic rings. The van der Waals surface area contributed by atoms with Gasteiger partial charge >= 0.3 is 0 Å². The van der Waals surface area contributed by atoms with E-state index in [-0.39, 0.29) is 0 Å². The molecule has 2 fully saturated rings. The van der Waals surface area contributed by atoms with Crippen molar-refractivity contribution in [3.63, 3.8) is 0 Å². The van der Waals surface area contributed by atoms with Crippen molar-refractivity contribution in [2.45, 2.75) is 103 Å². The Bertz CT molecular complexity index is 307. The lowest BCUT2D eigenvalue weighted by molar-refractivity contribution is -0.0377. The second-order valence-corrected chi connectivity index (χ2v) is 8.15. The highest BCUT2D eigenvalue weighted by atomic mass is 16.5. The van der Waals surface area contributed by atoms with Crippen LogP contribution in [-0.4, -0.2) is 50.0 Å². The number of hydrogen-bond acceptors (Lipinski definition) is 3. The van der Waals surface area contributed by atoms with E-state index >= 15 is 0 Å². The summed E-state index contributed by atoms with van der Waals surface area (Å²) in [5.74, 6) is 0.968. The highest BCUT2D eigenvalue weighted by Crippen LogP contribution is 2.29. The van der Waals surface area contributed by atoms with Gasteiger partial charge in [-0.15, -0.1) is 0 Å². The van der Waals surface area contributed by atoms with Gasteiger partial charge in [0.1, 0.15) is 0 Å². The van der Waals surface area contributed by atoms with E-state index in [1.807, 2.05) is 7.11 Å². The molecule has 3 nitrogen and oxygen atoms in total. The first-order chi connectivity index (χ1) is 11.7. The van der Waals surface area contributed by atoms with Gasteiger partial charge in [0.15, 0.2) is 0 Å². The van der Waals surface area contributed by atoms with Gasteiger partial charge in [0.05, 0.1) is 18.3 Å². The molecule has 0 radical (unpaired) electrons. The molecule has 1 unspecified atom stereocenters. The van der Waals surface area contributed by atoms with E-state index in [9.17, 15) is 0 Å². The van der Waals surface area contributed by atoms with Gasteiger partial charge in [-0.2, -0.15) is 0 Å². The summed E-state index contributed by atoms with van der Waals surface area (Å²) >= 11 is 0. The molecular weight excluding hydrogens is 298 g/mol. The van der Waals surface area contributed by atoms with Crippen LogP contribution in [0.2, 0.25) is 0 Å². The maximum absolute atomic E-state index is 6.17. The quantitative estimate of drug-likeness (QED) is 0.521. The Morgan fingerprint density at radius 3 is 2.29 bits per heavy atom. The van der Waals surface area contributed by atoms with Crippen LogP contribution in [0.4, 0.5) is 0 Å². The van der Waals surface area contributed by atoms with Crippen molar-refractivity contribution >= 4 is 0 Å². The smallest absolute Gasteiger partial charge is 0.0603 e. The lowest BCUT2D eigenvalue weighted by Gasteiger charge is -2.33. The molecule has 142 valence electrons. The minimum Gasteiger partial charge on any atom is -0.381 e. The fraction of sp³-hybridized carbons (Fsp3) is 1.00. The second-order valence-electron chi connectivity index (χ2n) is 8.15. The number of piperidine rings is 1. The Morgan fingerprint density at radius 2 is 1.67 bits per heavy atom. The average molecular weight is 340 g/mol. The first-order valence-corrected chi connectivity index (χ1v) is 10.6. The van der Waals surface area contributed by atoms with Gasteiger partial charge in [0, 0.05) is 20.2 Å². The summed E-state index contributed by atoms with van der Waals surface area (Å²) in [4.78, 5) is 2.66. The Morgan fingerprint density at radius 1 is 0.958 bits per heavy atom. The maximum Gasteiger partial charge on any atom is 0.0603 e. The van der Waals surface area contributed by atoms with Crippen LogP contribution in [0.15, 0.2) is 0 Å². The topological polar surface area (TPSA) is 21.7 Å². The van der Waals surface area contributed by atoms with Gasteiger partial charge in [-0.1, -0.05) is 26.2 Å². The molecule has 1 aliphatic heterocycles. The summed E-state index contributed by atoms with van der Waals surface area (Å²) < 4.78 is 11.6. The number of rotatable bonds is 10. The SMILES string of the molecule is CCCC(C)OC1CCN(CCCCC2CCC(OC)CC2)CC1. The average Bonchev–Trinajstić information content (AvgIpc) is 2.61. The predicted octanol–water partition coefficient (Wildman–Crippen LogP) is 5.03. The zero-order valence-corrected chi connectivity index (χ0v) is 16.5. The van der Waals surface area contributed by atoms with Gasteiger partial charge in [-0.3, -0.25) is 0 Å². The zero-order valence-electron chi connectivity index (χ0n) is 16.5. The molecule has 3 heteroatoms. The van der Waals surface area contributed by atoms with Crippen molar-refractivity contribution in [1.82, 2.24) is 4.90 Å². The third kappa shape index (κ3) is 7.41. The maximum atomic E-state index is 6.17. The van der Waals surface area contributed by atoms with Gasteiger partial charge in [-0.05, 0) is 70.8 Å². The largest absolute Gasteiger partial charge is 0.381 e. The van der Waals surface area contributed by atoms with Crippen LogP contribution in [0.1, 0.15) is 84.5 Å². The van der Waals surface area contributed by atoms with Crippen molar-refractivity contribution in [3.05, 3.63) is 0 Å². The second kappa shape index (κ2) is 11.5. The molecule has 0 aromatic rings. The third-order valence-electron chi connectivity index (χ3n) is 6.12. The summed E-state index contributed by atoms with van der Waals surface area (Å²) in [6.45, 7) is 8.25. The van der Waals surface area contributed by atoms with E-state index in [4.69, 9.17) is 9.47 Å². The van der Waals surface area contributed by atoms with Gasteiger partial charge in [-0.25, -0.2) is 0 Å². The van der Waals surface area contributed by atoms with Gasteiger partial charge in [0.2, 0.25) is 0 Å². The molecule has 1 atom stereocenters. The molecule has 1 saturated carbocycles. The van der Waals surface area contributed by atoms with Crippen LogP contribution in [-0.2, 0) is 9.47 Å². The van der Waals surface area contributed by atoms with Crippen LogP contribution in [0.5, 0.6) is 0 Å². The Hall–Kier alpha value is -0.120. The molecule has 0 spiro atoms. The fourth-order valence-electron chi connectivity index (χ4n) is 4.50. The van der Waals surface area contributed by atoms with Crippen molar-refractivity contribution < 1.29 is 9.47 Å². The number of ether oxygens (including phenoxy) is 2. The van der Waals surface area contributed by atoms with Crippen molar-refractivity contribution in [1.29, 1.82) is 0 Å². The van der Waals surface area contributed by atoms with Crippen molar-refractivity contribution in [2.24, 2.45) is 5.92 Å². The fourth-order valence-corrected chi connectivity index (χ4v) is 4.50. The number of methoxy groups -OCH3 is 1. The minimum absolute atomic E-state index is 0.444. The molecular formula is C21H41NO2. The molecule has 24 heavy (non-hydrogen) atoms. The van der Waals surface area contributed by atoms with Crippen LogP contribution >= 0.6 is 0 Å². The Kier molecular flexibility index (Phi) is 9.67. The summed E-state index contributed by atoms with van der Waals surface area (Å²) in [5, 5.41) is 0. The first-order valence-electron chi connectivity index (χ1n) is 10.6. The summed E-state index contributed by atoms with van der Waals surface area (Å²) in [5.41, 5.74) is 0. The van der Waals surface area contributed by atoms with Crippen molar-refractivity contribution in [2.75, 3.05) is 26.7 Å². The zero-order chi connectivity index (χ0) is 17.2. The molecule has 0 amide bonds. The molecule has 1 saturated heterocycles. The minimum atomic E-state index is 0.444. The van der Waals surface area contributed by atoms with E-state index in [0.717, 1.165) is 5.92 Å². The normalized spacial score (nSPS) is 28.1. The lowest BCUT2D eigenvalue weighted by Crippen LogP contribution is -2.38.